The molecule has 5 nitrogen and oxygen atoms in total. The standard InChI is InChI=1S/C18H16F4N2O3S/c19-12-4-5-13(20)16(10-12)28(26,27)24-8-6-11(7-9-24)18(25)23-15-3-1-2-14(21)17(15)22/h1-5,10-11H,6-9H2,(H,23,25). The number of carbonyl (C=O) groups excluding carboxylic acids is 1. The maximum Gasteiger partial charge on any atom is 0.246 e. The summed E-state index contributed by atoms with van der Waals surface area (Å²) in [5.74, 6) is -5.44. The van der Waals surface area contributed by atoms with E-state index in [1.165, 1.54) is 12.1 Å². The SMILES string of the molecule is O=C(Nc1cccc(F)c1F)C1CCN(S(=O)(=O)c2cc(F)ccc2F)CC1. The van der Waals surface area contributed by atoms with Crippen molar-refractivity contribution in [2.75, 3.05) is 18.4 Å². The van der Waals surface area contributed by atoms with Crippen LogP contribution in [0.5, 0.6) is 0 Å². The van der Waals surface area contributed by atoms with E-state index in [1.54, 1.807) is 0 Å². The van der Waals surface area contributed by atoms with Gasteiger partial charge in [0.05, 0.1) is 5.69 Å². The zero-order valence-electron chi connectivity index (χ0n) is 14.5. The third kappa shape index (κ3) is 4.02. The number of benzene rings is 2. The van der Waals surface area contributed by atoms with Crippen molar-refractivity contribution in [2.45, 2.75) is 17.7 Å². The highest BCUT2D eigenvalue weighted by Gasteiger charge is 2.34. The Hall–Kier alpha value is -2.46. The monoisotopic (exact) mass is 416 g/mol. The van der Waals surface area contributed by atoms with E-state index in [1.807, 2.05) is 0 Å². The fraction of sp³-hybridized carbons (Fsp3) is 0.278. The lowest BCUT2D eigenvalue weighted by molar-refractivity contribution is -0.120. The van der Waals surface area contributed by atoms with Crippen LogP contribution in [-0.4, -0.2) is 31.7 Å². The van der Waals surface area contributed by atoms with Gasteiger partial charge in [0.2, 0.25) is 15.9 Å². The molecule has 1 heterocycles. The zero-order chi connectivity index (χ0) is 20.5. The third-order valence-electron chi connectivity index (χ3n) is 4.55. The smallest absolute Gasteiger partial charge is 0.246 e. The molecule has 0 radical (unpaired) electrons. The number of rotatable bonds is 4. The largest absolute Gasteiger partial charge is 0.323 e. The summed E-state index contributed by atoms with van der Waals surface area (Å²) >= 11 is 0. The van der Waals surface area contributed by atoms with Crippen LogP contribution >= 0.6 is 0 Å². The second-order valence-corrected chi connectivity index (χ2v) is 8.25. The molecular weight excluding hydrogens is 400 g/mol. The molecule has 2 aromatic carbocycles. The van der Waals surface area contributed by atoms with E-state index in [4.69, 9.17) is 0 Å². The number of hydrogen-bond donors (Lipinski definition) is 1. The summed E-state index contributed by atoms with van der Waals surface area (Å²) in [4.78, 5) is 11.5. The number of hydrogen-bond acceptors (Lipinski definition) is 3. The van der Waals surface area contributed by atoms with Crippen molar-refractivity contribution in [3.05, 3.63) is 59.7 Å². The Labute approximate surface area is 159 Å². The lowest BCUT2D eigenvalue weighted by atomic mass is 9.97. The second kappa shape index (κ2) is 7.88. The molecule has 1 aliphatic heterocycles. The molecule has 1 saturated heterocycles. The van der Waals surface area contributed by atoms with Gasteiger partial charge in [0.1, 0.15) is 16.5 Å². The zero-order valence-corrected chi connectivity index (χ0v) is 15.3. The summed E-state index contributed by atoms with van der Waals surface area (Å²) in [6.07, 6.45) is 0.192. The average Bonchev–Trinajstić information content (AvgIpc) is 2.67. The minimum absolute atomic E-state index is 0.0952. The molecule has 0 aliphatic carbocycles. The summed E-state index contributed by atoms with van der Waals surface area (Å²) in [5.41, 5.74) is -0.304. The van der Waals surface area contributed by atoms with Crippen molar-refractivity contribution in [1.29, 1.82) is 0 Å². The first-order chi connectivity index (χ1) is 13.2. The van der Waals surface area contributed by atoms with Crippen LogP contribution in [0.15, 0.2) is 41.3 Å². The first-order valence-electron chi connectivity index (χ1n) is 8.40. The molecule has 150 valence electrons. The molecule has 0 unspecified atom stereocenters. The van der Waals surface area contributed by atoms with Gasteiger partial charge in [0.25, 0.3) is 0 Å². The van der Waals surface area contributed by atoms with Gasteiger partial charge in [-0.1, -0.05) is 6.07 Å². The van der Waals surface area contributed by atoms with E-state index >= 15 is 0 Å². The lowest BCUT2D eigenvalue weighted by Crippen LogP contribution is -2.41. The highest BCUT2D eigenvalue weighted by molar-refractivity contribution is 7.89. The minimum Gasteiger partial charge on any atom is -0.323 e. The molecule has 3 rings (SSSR count). The van der Waals surface area contributed by atoms with Crippen LogP contribution in [0.25, 0.3) is 0 Å². The molecule has 0 bridgehead atoms. The molecule has 2 aromatic rings. The Morgan fingerprint density at radius 3 is 2.36 bits per heavy atom. The maximum atomic E-state index is 13.8. The summed E-state index contributed by atoms with van der Waals surface area (Å²) in [5, 5.41) is 2.29. The Balaban J connectivity index is 1.67. The normalized spacial score (nSPS) is 16.1. The number of nitrogens with one attached hydrogen (secondary N) is 1. The van der Waals surface area contributed by atoms with Gasteiger partial charge in [-0.2, -0.15) is 4.31 Å². The van der Waals surface area contributed by atoms with Gasteiger partial charge in [0.15, 0.2) is 11.6 Å². The van der Waals surface area contributed by atoms with Crippen LogP contribution in [0.1, 0.15) is 12.8 Å². The van der Waals surface area contributed by atoms with Gasteiger partial charge >= 0.3 is 0 Å². The van der Waals surface area contributed by atoms with Gasteiger partial charge in [-0.3, -0.25) is 4.79 Å². The quantitative estimate of drug-likeness (QED) is 0.778. The number of piperidine rings is 1. The van der Waals surface area contributed by atoms with Gasteiger partial charge < -0.3 is 5.32 Å². The predicted octanol–water partition coefficient (Wildman–Crippen LogP) is 3.28. The van der Waals surface area contributed by atoms with Crippen LogP contribution in [0, 0.1) is 29.2 Å². The van der Waals surface area contributed by atoms with E-state index in [9.17, 15) is 30.8 Å². The second-order valence-electron chi connectivity index (χ2n) is 6.34. The molecule has 1 N–H and O–H groups in total. The van der Waals surface area contributed by atoms with Crippen LogP contribution in [0.2, 0.25) is 0 Å². The summed E-state index contributed by atoms with van der Waals surface area (Å²) < 4.78 is 80.1. The van der Waals surface area contributed by atoms with Gasteiger partial charge in [-0.15, -0.1) is 0 Å². The van der Waals surface area contributed by atoms with Crippen LogP contribution in [0.4, 0.5) is 23.2 Å². The van der Waals surface area contributed by atoms with E-state index in [0.717, 1.165) is 22.5 Å². The maximum absolute atomic E-state index is 13.8. The average molecular weight is 416 g/mol. The van der Waals surface area contributed by atoms with Crippen LogP contribution < -0.4 is 5.32 Å². The Kier molecular flexibility index (Phi) is 5.71. The Morgan fingerprint density at radius 1 is 1.00 bits per heavy atom. The molecular formula is C18H16F4N2O3S. The van der Waals surface area contributed by atoms with E-state index in [0.29, 0.717) is 6.07 Å². The number of amides is 1. The number of anilines is 1. The molecule has 0 spiro atoms. The highest BCUT2D eigenvalue weighted by Crippen LogP contribution is 2.27. The number of sulfonamides is 1. The molecule has 1 amide bonds. The van der Waals surface area contributed by atoms with Gasteiger partial charge in [-0.05, 0) is 43.2 Å². The summed E-state index contributed by atoms with van der Waals surface area (Å²) in [6.45, 7) is -0.190. The van der Waals surface area contributed by atoms with E-state index < -0.39 is 50.0 Å². The minimum atomic E-state index is -4.26. The predicted molar refractivity (Wildman–Crippen MR) is 92.8 cm³/mol. The van der Waals surface area contributed by atoms with E-state index in [2.05, 4.69) is 5.32 Å². The van der Waals surface area contributed by atoms with E-state index in [-0.39, 0.29) is 31.6 Å². The molecule has 0 atom stereocenters. The molecule has 1 fully saturated rings. The van der Waals surface area contributed by atoms with Crippen LogP contribution in [-0.2, 0) is 14.8 Å². The van der Waals surface area contributed by atoms with Crippen molar-refractivity contribution < 1.29 is 30.8 Å². The Bertz CT molecular complexity index is 1010. The summed E-state index contributed by atoms with van der Waals surface area (Å²) in [6, 6.07) is 5.53. The lowest BCUT2D eigenvalue weighted by Gasteiger charge is -2.30. The summed E-state index contributed by atoms with van der Waals surface area (Å²) in [7, 11) is -4.26. The van der Waals surface area contributed by atoms with Crippen molar-refractivity contribution >= 4 is 21.6 Å². The van der Waals surface area contributed by atoms with Crippen molar-refractivity contribution in [2.24, 2.45) is 5.92 Å². The number of halogens is 4. The molecule has 1 aliphatic rings. The molecule has 28 heavy (non-hydrogen) atoms. The fourth-order valence-electron chi connectivity index (χ4n) is 3.01. The highest BCUT2D eigenvalue weighted by atomic mass is 32.2. The van der Waals surface area contributed by atoms with Crippen molar-refractivity contribution in [1.82, 2.24) is 4.31 Å². The van der Waals surface area contributed by atoms with Gasteiger partial charge in [-0.25, -0.2) is 26.0 Å². The molecule has 0 saturated carbocycles. The first-order valence-corrected chi connectivity index (χ1v) is 9.84. The Morgan fingerprint density at radius 2 is 1.68 bits per heavy atom. The molecule has 0 aromatic heterocycles. The third-order valence-corrected chi connectivity index (χ3v) is 6.46. The van der Waals surface area contributed by atoms with Crippen molar-refractivity contribution in [3.8, 4) is 0 Å². The number of nitrogens with zero attached hydrogens (tertiary/aromatic N) is 1. The van der Waals surface area contributed by atoms with Crippen molar-refractivity contribution in [3.63, 3.8) is 0 Å². The fourth-order valence-corrected chi connectivity index (χ4v) is 4.55. The van der Waals surface area contributed by atoms with Gasteiger partial charge in [0, 0.05) is 19.0 Å². The topological polar surface area (TPSA) is 66.5 Å². The number of carbonyl (C=O) groups is 1. The first kappa shape index (κ1) is 20.3. The molecule has 10 heteroatoms. The van der Waals surface area contributed by atoms with Crippen LogP contribution in [0.3, 0.4) is 0 Å².